The van der Waals surface area contributed by atoms with Crippen molar-refractivity contribution in [3.8, 4) is 0 Å². The molecular weight excluding hydrogens is 362 g/mol. The van der Waals surface area contributed by atoms with Gasteiger partial charge < -0.3 is 10.1 Å². The van der Waals surface area contributed by atoms with Gasteiger partial charge in [-0.2, -0.15) is 0 Å². The standard InChI is InChI=1S/C16H21N3O6S/c1-4-9-17-26(23,24)13-7-5-12(6-8-13)15(21)25-10-14(20)19-16(22)18-11(2)3/h4-8,11,17H,1,9-10H2,2-3H3,(H2,18,19,20,22). The molecule has 0 bridgehead atoms. The minimum atomic E-state index is -3.70. The van der Waals surface area contributed by atoms with Crippen LogP contribution in [0.5, 0.6) is 0 Å². The molecule has 0 spiro atoms. The van der Waals surface area contributed by atoms with Gasteiger partial charge in [0.2, 0.25) is 10.0 Å². The first-order valence-corrected chi connectivity index (χ1v) is 9.12. The lowest BCUT2D eigenvalue weighted by Crippen LogP contribution is -2.44. The number of nitrogens with one attached hydrogen (secondary N) is 3. The maximum Gasteiger partial charge on any atom is 0.338 e. The molecule has 0 radical (unpaired) electrons. The third-order valence-electron chi connectivity index (χ3n) is 2.83. The Balaban J connectivity index is 2.59. The van der Waals surface area contributed by atoms with Crippen molar-refractivity contribution in [1.29, 1.82) is 0 Å². The zero-order chi connectivity index (χ0) is 19.7. The van der Waals surface area contributed by atoms with Crippen LogP contribution < -0.4 is 15.4 Å². The Hall–Kier alpha value is -2.72. The van der Waals surface area contributed by atoms with Crippen molar-refractivity contribution >= 4 is 27.9 Å². The average Bonchev–Trinajstić information content (AvgIpc) is 2.57. The van der Waals surface area contributed by atoms with Crippen LogP contribution in [0.3, 0.4) is 0 Å². The largest absolute Gasteiger partial charge is 0.452 e. The molecule has 142 valence electrons. The summed E-state index contributed by atoms with van der Waals surface area (Å²) in [5.74, 6) is -1.61. The quantitative estimate of drug-likeness (QED) is 0.444. The summed E-state index contributed by atoms with van der Waals surface area (Å²) in [5, 5.41) is 4.45. The molecule has 0 fully saturated rings. The van der Waals surface area contributed by atoms with Gasteiger partial charge in [-0.3, -0.25) is 10.1 Å². The number of carbonyl (C=O) groups excluding carboxylic acids is 3. The summed E-state index contributed by atoms with van der Waals surface area (Å²) in [5.41, 5.74) is 0.0621. The summed E-state index contributed by atoms with van der Waals surface area (Å²) in [4.78, 5) is 34.7. The molecule has 0 heterocycles. The van der Waals surface area contributed by atoms with E-state index in [0.717, 1.165) is 0 Å². The average molecular weight is 383 g/mol. The Labute approximate surface area is 151 Å². The number of imide groups is 1. The second-order valence-corrected chi connectivity index (χ2v) is 7.18. The minimum absolute atomic E-state index is 0.0287. The number of hydrogen-bond acceptors (Lipinski definition) is 6. The molecular formula is C16H21N3O6S. The second-order valence-electron chi connectivity index (χ2n) is 5.42. The van der Waals surface area contributed by atoms with Crippen molar-refractivity contribution in [2.75, 3.05) is 13.2 Å². The van der Waals surface area contributed by atoms with Crippen molar-refractivity contribution < 1.29 is 27.5 Å². The van der Waals surface area contributed by atoms with E-state index in [-0.39, 0.29) is 23.0 Å². The highest BCUT2D eigenvalue weighted by Crippen LogP contribution is 2.11. The Kier molecular flexibility index (Phi) is 7.94. The fraction of sp³-hybridized carbons (Fsp3) is 0.312. The van der Waals surface area contributed by atoms with Crippen LogP contribution in [-0.4, -0.2) is 45.5 Å². The van der Waals surface area contributed by atoms with Crippen molar-refractivity contribution in [3.63, 3.8) is 0 Å². The highest BCUT2D eigenvalue weighted by Gasteiger charge is 2.16. The molecule has 0 atom stereocenters. The van der Waals surface area contributed by atoms with Crippen LogP contribution in [-0.2, 0) is 19.6 Å². The molecule has 0 aliphatic heterocycles. The van der Waals surface area contributed by atoms with Crippen molar-refractivity contribution in [2.24, 2.45) is 0 Å². The minimum Gasteiger partial charge on any atom is -0.452 e. The van der Waals surface area contributed by atoms with Crippen molar-refractivity contribution in [1.82, 2.24) is 15.4 Å². The lowest BCUT2D eigenvalue weighted by Gasteiger charge is -2.09. The molecule has 0 saturated carbocycles. The first-order valence-electron chi connectivity index (χ1n) is 7.64. The number of esters is 1. The summed E-state index contributed by atoms with van der Waals surface area (Å²) in [6.45, 7) is 6.29. The van der Waals surface area contributed by atoms with E-state index in [0.29, 0.717) is 0 Å². The van der Waals surface area contributed by atoms with Gasteiger partial charge in [0.15, 0.2) is 6.61 Å². The molecule has 10 heteroatoms. The van der Waals surface area contributed by atoms with E-state index in [1.807, 2.05) is 5.32 Å². The fourth-order valence-corrected chi connectivity index (χ4v) is 2.70. The summed E-state index contributed by atoms with van der Waals surface area (Å²) in [6, 6.07) is 4.14. The molecule has 0 saturated heterocycles. The lowest BCUT2D eigenvalue weighted by atomic mass is 10.2. The zero-order valence-electron chi connectivity index (χ0n) is 14.4. The van der Waals surface area contributed by atoms with Crippen LogP contribution >= 0.6 is 0 Å². The number of sulfonamides is 1. The van der Waals surface area contributed by atoms with Gasteiger partial charge in [-0.05, 0) is 38.1 Å². The van der Waals surface area contributed by atoms with Gasteiger partial charge >= 0.3 is 12.0 Å². The predicted molar refractivity (Wildman–Crippen MR) is 93.9 cm³/mol. The number of rotatable bonds is 8. The van der Waals surface area contributed by atoms with Crippen LogP contribution in [0.4, 0.5) is 4.79 Å². The number of carbonyl (C=O) groups is 3. The number of hydrogen-bond donors (Lipinski definition) is 3. The summed E-state index contributed by atoms with van der Waals surface area (Å²) in [7, 11) is -3.70. The molecule has 1 rings (SSSR count). The first kappa shape index (κ1) is 21.3. The predicted octanol–water partition coefficient (Wildman–Crippen LogP) is 0.542. The molecule has 0 aliphatic carbocycles. The van der Waals surface area contributed by atoms with Gasteiger partial charge in [-0.25, -0.2) is 22.7 Å². The van der Waals surface area contributed by atoms with E-state index in [2.05, 4.69) is 16.6 Å². The van der Waals surface area contributed by atoms with Gasteiger partial charge in [-0.1, -0.05) is 6.08 Å². The Morgan fingerprint density at radius 2 is 1.81 bits per heavy atom. The highest BCUT2D eigenvalue weighted by molar-refractivity contribution is 7.89. The summed E-state index contributed by atoms with van der Waals surface area (Å²) >= 11 is 0. The van der Waals surface area contributed by atoms with Crippen LogP contribution in [0, 0.1) is 0 Å². The summed E-state index contributed by atoms with van der Waals surface area (Å²) < 4.78 is 30.9. The van der Waals surface area contributed by atoms with Gasteiger partial charge in [0.1, 0.15) is 0 Å². The number of amides is 3. The van der Waals surface area contributed by atoms with Crippen LogP contribution in [0.15, 0.2) is 41.8 Å². The van der Waals surface area contributed by atoms with Crippen LogP contribution in [0.2, 0.25) is 0 Å². The van der Waals surface area contributed by atoms with Crippen molar-refractivity contribution in [3.05, 3.63) is 42.5 Å². The normalized spacial score (nSPS) is 10.9. The first-order chi connectivity index (χ1) is 12.2. The van der Waals surface area contributed by atoms with Gasteiger partial charge in [0.25, 0.3) is 5.91 Å². The molecule has 0 aliphatic rings. The zero-order valence-corrected chi connectivity index (χ0v) is 15.3. The number of benzene rings is 1. The Bertz CT molecular complexity index is 772. The third kappa shape index (κ3) is 7.03. The highest BCUT2D eigenvalue weighted by atomic mass is 32.2. The lowest BCUT2D eigenvalue weighted by molar-refractivity contribution is -0.123. The topological polar surface area (TPSA) is 131 Å². The van der Waals surface area contributed by atoms with Gasteiger partial charge in [-0.15, -0.1) is 6.58 Å². The monoisotopic (exact) mass is 383 g/mol. The Morgan fingerprint density at radius 1 is 1.19 bits per heavy atom. The molecule has 3 amide bonds. The molecule has 1 aromatic rings. The third-order valence-corrected chi connectivity index (χ3v) is 4.26. The second kappa shape index (κ2) is 9.68. The maximum absolute atomic E-state index is 11.9. The van der Waals surface area contributed by atoms with E-state index in [9.17, 15) is 22.8 Å². The van der Waals surface area contributed by atoms with E-state index in [1.54, 1.807) is 13.8 Å². The van der Waals surface area contributed by atoms with E-state index in [1.165, 1.54) is 30.3 Å². The van der Waals surface area contributed by atoms with Gasteiger partial charge in [0.05, 0.1) is 10.5 Å². The van der Waals surface area contributed by atoms with Crippen LogP contribution in [0.25, 0.3) is 0 Å². The van der Waals surface area contributed by atoms with Crippen molar-refractivity contribution in [2.45, 2.75) is 24.8 Å². The molecule has 1 aromatic carbocycles. The molecule has 0 unspecified atom stereocenters. The van der Waals surface area contributed by atoms with E-state index in [4.69, 9.17) is 4.74 Å². The van der Waals surface area contributed by atoms with Gasteiger partial charge in [0, 0.05) is 12.6 Å². The van der Waals surface area contributed by atoms with E-state index < -0.39 is 34.5 Å². The number of urea groups is 1. The summed E-state index contributed by atoms with van der Waals surface area (Å²) in [6.07, 6.45) is 1.40. The fourth-order valence-electron chi connectivity index (χ4n) is 1.70. The maximum atomic E-state index is 11.9. The number of ether oxygens (including phenoxy) is 1. The Morgan fingerprint density at radius 3 is 2.35 bits per heavy atom. The molecule has 26 heavy (non-hydrogen) atoms. The smallest absolute Gasteiger partial charge is 0.338 e. The van der Waals surface area contributed by atoms with Crippen LogP contribution in [0.1, 0.15) is 24.2 Å². The molecule has 0 aromatic heterocycles. The molecule has 3 N–H and O–H groups in total. The SMILES string of the molecule is C=CCNS(=O)(=O)c1ccc(C(=O)OCC(=O)NC(=O)NC(C)C)cc1. The molecule has 9 nitrogen and oxygen atoms in total. The van der Waals surface area contributed by atoms with E-state index >= 15 is 0 Å².